The fourth-order valence-corrected chi connectivity index (χ4v) is 1.97. The average Bonchev–Trinajstić information content (AvgIpc) is 2.51. The van der Waals surface area contributed by atoms with Crippen molar-refractivity contribution < 1.29 is 19.8 Å². The van der Waals surface area contributed by atoms with Crippen LogP contribution in [0.3, 0.4) is 0 Å². The van der Waals surface area contributed by atoms with Gasteiger partial charge in [0.15, 0.2) is 0 Å². The summed E-state index contributed by atoms with van der Waals surface area (Å²) in [6.45, 7) is 4.74. The zero-order valence-electron chi connectivity index (χ0n) is 13.5. The van der Waals surface area contributed by atoms with Crippen LogP contribution in [0.4, 0.5) is 0 Å². The standard InChI is InChI=1S/C16H23ClN2O4/c1-10(8-18-15(23)13(21)16(2,3)9-20)19-14(22)11-5-4-6-12(17)7-11/h4-7,10,13,20-21H,8-9H2,1-3H3,(H,18,23)(H,19,22)/t10-,13?/m0/s1. The molecule has 0 spiro atoms. The zero-order chi connectivity index (χ0) is 17.6. The first-order valence-electron chi connectivity index (χ1n) is 7.30. The van der Waals surface area contributed by atoms with E-state index < -0.39 is 17.4 Å². The first-order chi connectivity index (χ1) is 10.7. The largest absolute Gasteiger partial charge is 0.396 e. The van der Waals surface area contributed by atoms with Crippen molar-refractivity contribution in [1.82, 2.24) is 10.6 Å². The molecule has 0 aliphatic carbocycles. The molecule has 1 unspecified atom stereocenters. The molecule has 128 valence electrons. The summed E-state index contributed by atoms with van der Waals surface area (Å²) in [6.07, 6.45) is -1.33. The highest BCUT2D eigenvalue weighted by atomic mass is 35.5. The summed E-state index contributed by atoms with van der Waals surface area (Å²) in [5, 5.41) is 24.8. The van der Waals surface area contributed by atoms with Crippen molar-refractivity contribution in [2.45, 2.75) is 32.9 Å². The minimum Gasteiger partial charge on any atom is -0.396 e. The van der Waals surface area contributed by atoms with Crippen LogP contribution in [0.1, 0.15) is 31.1 Å². The van der Waals surface area contributed by atoms with Crippen molar-refractivity contribution in [3.05, 3.63) is 34.9 Å². The van der Waals surface area contributed by atoms with Crippen molar-refractivity contribution in [3.63, 3.8) is 0 Å². The van der Waals surface area contributed by atoms with Crippen LogP contribution in [0, 0.1) is 5.41 Å². The number of nitrogens with one attached hydrogen (secondary N) is 2. The number of aliphatic hydroxyl groups is 2. The summed E-state index contributed by atoms with van der Waals surface area (Å²) in [4.78, 5) is 23.9. The molecule has 0 aliphatic rings. The topological polar surface area (TPSA) is 98.7 Å². The van der Waals surface area contributed by atoms with Gasteiger partial charge in [0.25, 0.3) is 5.91 Å². The third-order valence-corrected chi connectivity index (χ3v) is 3.68. The molecule has 0 saturated carbocycles. The van der Waals surface area contributed by atoms with Crippen molar-refractivity contribution in [2.24, 2.45) is 5.41 Å². The number of carbonyl (C=O) groups excluding carboxylic acids is 2. The predicted molar refractivity (Wildman–Crippen MR) is 88.3 cm³/mol. The molecule has 2 atom stereocenters. The summed E-state index contributed by atoms with van der Waals surface area (Å²) < 4.78 is 0. The Morgan fingerprint density at radius 2 is 2.00 bits per heavy atom. The molecule has 23 heavy (non-hydrogen) atoms. The number of rotatable bonds is 7. The van der Waals surface area contributed by atoms with Gasteiger partial charge in [0.05, 0.1) is 6.61 Å². The molecule has 1 rings (SSSR count). The van der Waals surface area contributed by atoms with Gasteiger partial charge in [0.2, 0.25) is 5.91 Å². The van der Waals surface area contributed by atoms with Crippen LogP contribution in [0.15, 0.2) is 24.3 Å². The van der Waals surface area contributed by atoms with Crippen LogP contribution in [0.25, 0.3) is 0 Å². The molecule has 0 radical (unpaired) electrons. The second kappa shape index (κ2) is 8.29. The molecular weight excluding hydrogens is 320 g/mol. The molecule has 1 aromatic carbocycles. The van der Waals surface area contributed by atoms with Crippen LogP contribution in [0.5, 0.6) is 0 Å². The second-order valence-corrected chi connectivity index (χ2v) is 6.62. The number of hydrogen-bond donors (Lipinski definition) is 4. The Labute approximate surface area is 140 Å². The highest BCUT2D eigenvalue weighted by molar-refractivity contribution is 6.30. The van der Waals surface area contributed by atoms with Crippen LogP contribution in [-0.2, 0) is 4.79 Å². The van der Waals surface area contributed by atoms with Gasteiger partial charge in [-0.2, -0.15) is 0 Å². The number of benzene rings is 1. The highest BCUT2D eigenvalue weighted by Gasteiger charge is 2.32. The molecule has 0 aliphatic heterocycles. The van der Waals surface area contributed by atoms with Gasteiger partial charge in [-0.15, -0.1) is 0 Å². The lowest BCUT2D eigenvalue weighted by Gasteiger charge is -2.27. The lowest BCUT2D eigenvalue weighted by atomic mass is 9.87. The molecule has 0 fully saturated rings. The van der Waals surface area contributed by atoms with Gasteiger partial charge in [0.1, 0.15) is 6.10 Å². The Hall–Kier alpha value is -1.63. The molecule has 2 amide bonds. The summed E-state index contributed by atoms with van der Waals surface area (Å²) in [5.74, 6) is -0.890. The molecule has 0 saturated heterocycles. The minimum absolute atomic E-state index is 0.156. The van der Waals surface area contributed by atoms with E-state index in [2.05, 4.69) is 10.6 Å². The van der Waals surface area contributed by atoms with E-state index in [-0.39, 0.29) is 25.1 Å². The fraction of sp³-hybridized carbons (Fsp3) is 0.500. The fourth-order valence-electron chi connectivity index (χ4n) is 1.78. The number of hydrogen-bond acceptors (Lipinski definition) is 4. The molecule has 7 heteroatoms. The Balaban J connectivity index is 2.49. The second-order valence-electron chi connectivity index (χ2n) is 6.18. The monoisotopic (exact) mass is 342 g/mol. The molecular formula is C16H23ClN2O4. The van der Waals surface area contributed by atoms with Gasteiger partial charge in [-0.3, -0.25) is 9.59 Å². The lowest BCUT2D eigenvalue weighted by molar-refractivity contribution is -0.137. The summed E-state index contributed by atoms with van der Waals surface area (Å²) in [5.41, 5.74) is -0.505. The van der Waals surface area contributed by atoms with Crippen LogP contribution < -0.4 is 10.6 Å². The number of carbonyl (C=O) groups is 2. The van der Waals surface area contributed by atoms with E-state index in [9.17, 15) is 14.7 Å². The molecule has 6 nitrogen and oxygen atoms in total. The zero-order valence-corrected chi connectivity index (χ0v) is 14.2. The lowest BCUT2D eigenvalue weighted by Crippen LogP contribution is -2.49. The Morgan fingerprint density at radius 3 is 2.57 bits per heavy atom. The number of amides is 2. The van der Waals surface area contributed by atoms with Crippen molar-refractivity contribution >= 4 is 23.4 Å². The molecule has 4 N–H and O–H groups in total. The van der Waals surface area contributed by atoms with E-state index in [4.69, 9.17) is 16.7 Å². The van der Waals surface area contributed by atoms with Gasteiger partial charge < -0.3 is 20.8 Å². The number of halogens is 1. The van der Waals surface area contributed by atoms with Gasteiger partial charge in [0, 0.05) is 28.6 Å². The van der Waals surface area contributed by atoms with E-state index in [1.165, 1.54) is 0 Å². The molecule has 0 bridgehead atoms. The quantitative estimate of drug-likeness (QED) is 0.593. The summed E-state index contributed by atoms with van der Waals surface area (Å²) in [7, 11) is 0. The van der Waals surface area contributed by atoms with Gasteiger partial charge in [-0.05, 0) is 25.1 Å². The van der Waals surface area contributed by atoms with Crippen molar-refractivity contribution in [3.8, 4) is 0 Å². The van der Waals surface area contributed by atoms with E-state index in [0.717, 1.165) is 0 Å². The SMILES string of the molecule is C[C@@H](CNC(=O)C(O)C(C)(C)CO)NC(=O)c1cccc(Cl)c1. The van der Waals surface area contributed by atoms with Gasteiger partial charge in [-0.1, -0.05) is 31.5 Å². The van der Waals surface area contributed by atoms with E-state index in [1.807, 2.05) is 0 Å². The average molecular weight is 343 g/mol. The third kappa shape index (κ3) is 5.82. The van der Waals surface area contributed by atoms with E-state index >= 15 is 0 Å². The smallest absolute Gasteiger partial charge is 0.251 e. The van der Waals surface area contributed by atoms with Crippen LogP contribution in [0.2, 0.25) is 5.02 Å². The van der Waals surface area contributed by atoms with Crippen molar-refractivity contribution in [1.29, 1.82) is 0 Å². The molecule has 0 aromatic heterocycles. The maximum Gasteiger partial charge on any atom is 0.251 e. The minimum atomic E-state index is -1.33. The molecule has 1 aromatic rings. The van der Waals surface area contributed by atoms with Gasteiger partial charge in [-0.25, -0.2) is 0 Å². The normalized spacial score (nSPS) is 14.0. The van der Waals surface area contributed by atoms with Crippen LogP contribution >= 0.6 is 11.6 Å². The predicted octanol–water partition coefficient (Wildman–Crippen LogP) is 0.954. The van der Waals surface area contributed by atoms with Gasteiger partial charge >= 0.3 is 0 Å². The van der Waals surface area contributed by atoms with E-state index in [1.54, 1.807) is 45.0 Å². The van der Waals surface area contributed by atoms with Crippen molar-refractivity contribution in [2.75, 3.05) is 13.2 Å². The summed E-state index contributed by atoms with van der Waals surface area (Å²) >= 11 is 5.83. The molecule has 0 heterocycles. The highest BCUT2D eigenvalue weighted by Crippen LogP contribution is 2.19. The maximum atomic E-state index is 12.0. The summed E-state index contributed by atoms with van der Waals surface area (Å²) in [6, 6.07) is 6.20. The third-order valence-electron chi connectivity index (χ3n) is 3.44. The van der Waals surface area contributed by atoms with E-state index in [0.29, 0.717) is 10.6 Å². The number of aliphatic hydroxyl groups excluding tert-OH is 2. The first-order valence-corrected chi connectivity index (χ1v) is 7.68. The first kappa shape index (κ1) is 19.4. The Kier molecular flexibility index (Phi) is 7.00. The Morgan fingerprint density at radius 1 is 1.35 bits per heavy atom. The maximum absolute atomic E-state index is 12.0. The van der Waals surface area contributed by atoms with Crippen LogP contribution in [-0.4, -0.2) is 47.3 Å². The Bertz CT molecular complexity index is 563.